The Bertz CT molecular complexity index is 618. The summed E-state index contributed by atoms with van der Waals surface area (Å²) in [6.07, 6.45) is 1.29. The van der Waals surface area contributed by atoms with Crippen LogP contribution >= 0.6 is 15.9 Å². The molecule has 1 unspecified atom stereocenters. The van der Waals surface area contributed by atoms with Crippen LogP contribution in [0.4, 0.5) is 4.79 Å². The van der Waals surface area contributed by atoms with Crippen LogP contribution in [0.25, 0.3) is 0 Å². The van der Waals surface area contributed by atoms with Gasteiger partial charge in [-0.25, -0.2) is 9.79 Å². The van der Waals surface area contributed by atoms with Crippen LogP contribution in [0.1, 0.15) is 26.7 Å². The molecule has 1 aromatic carbocycles. The third-order valence-electron chi connectivity index (χ3n) is 4.06. The number of aliphatic imine (C=N–C) groups is 1. The number of guanidine groups is 1. The fourth-order valence-corrected chi connectivity index (χ4v) is 3.08. The molecule has 3 N–H and O–H groups in total. The van der Waals surface area contributed by atoms with E-state index in [9.17, 15) is 4.79 Å². The minimum absolute atomic E-state index is 0.0975. The average molecular weight is 427 g/mol. The summed E-state index contributed by atoms with van der Waals surface area (Å²) >= 11 is 3.46. The van der Waals surface area contributed by atoms with Gasteiger partial charge in [0.15, 0.2) is 5.96 Å². The van der Waals surface area contributed by atoms with E-state index in [2.05, 4.69) is 26.2 Å². The summed E-state index contributed by atoms with van der Waals surface area (Å²) in [4.78, 5) is 17.8. The molecule has 0 bridgehead atoms. The molecule has 1 fully saturated rings. The smallest absolute Gasteiger partial charge is 0.409 e. The van der Waals surface area contributed by atoms with Gasteiger partial charge in [0.2, 0.25) is 0 Å². The highest BCUT2D eigenvalue weighted by atomic mass is 79.9. The molecule has 2 rings (SSSR count). The van der Waals surface area contributed by atoms with Gasteiger partial charge >= 0.3 is 6.09 Å². The first-order valence-corrected chi connectivity index (χ1v) is 9.68. The van der Waals surface area contributed by atoms with Crippen LogP contribution < -0.4 is 15.8 Å². The molecule has 0 aromatic heterocycles. The van der Waals surface area contributed by atoms with Crippen LogP contribution in [-0.4, -0.2) is 55.3 Å². The third-order valence-corrected chi connectivity index (χ3v) is 4.71. The molecule has 144 valence electrons. The Morgan fingerprint density at radius 2 is 2.12 bits per heavy atom. The zero-order valence-corrected chi connectivity index (χ0v) is 16.9. The molecule has 26 heavy (non-hydrogen) atoms. The summed E-state index contributed by atoms with van der Waals surface area (Å²) in [5, 5.41) is 3.23. The molecule has 1 aliphatic heterocycles. The predicted octanol–water partition coefficient (Wildman–Crippen LogP) is 2.74. The largest absolute Gasteiger partial charge is 0.488 e. The lowest BCUT2D eigenvalue weighted by Gasteiger charge is -2.31. The van der Waals surface area contributed by atoms with Crippen molar-refractivity contribution in [3.63, 3.8) is 0 Å². The van der Waals surface area contributed by atoms with Crippen molar-refractivity contribution in [3.8, 4) is 5.75 Å². The Morgan fingerprint density at radius 3 is 2.77 bits per heavy atom. The van der Waals surface area contributed by atoms with Crippen molar-refractivity contribution in [2.45, 2.75) is 38.8 Å². The van der Waals surface area contributed by atoms with Crippen molar-refractivity contribution >= 4 is 28.0 Å². The predicted molar refractivity (Wildman–Crippen MR) is 105 cm³/mol. The number of ether oxygens (including phenoxy) is 2. The molecule has 0 aliphatic carbocycles. The molecule has 0 radical (unpaired) electrons. The van der Waals surface area contributed by atoms with E-state index in [1.54, 1.807) is 4.90 Å². The van der Waals surface area contributed by atoms with Gasteiger partial charge in [-0.3, -0.25) is 0 Å². The second kappa shape index (κ2) is 10.3. The Labute approximate surface area is 163 Å². The molecule has 1 aromatic rings. The number of nitrogens with zero attached hydrogens (tertiary/aromatic N) is 2. The van der Waals surface area contributed by atoms with E-state index in [0.29, 0.717) is 32.2 Å². The van der Waals surface area contributed by atoms with Crippen molar-refractivity contribution in [3.05, 3.63) is 28.7 Å². The lowest BCUT2D eigenvalue weighted by Crippen LogP contribution is -2.48. The summed E-state index contributed by atoms with van der Waals surface area (Å²) in [6, 6.07) is 7.92. The first-order chi connectivity index (χ1) is 12.5. The second-order valence-electron chi connectivity index (χ2n) is 6.19. The number of nitrogens with two attached hydrogens (primary N) is 1. The quantitative estimate of drug-likeness (QED) is 0.539. The van der Waals surface area contributed by atoms with E-state index < -0.39 is 0 Å². The van der Waals surface area contributed by atoms with Crippen molar-refractivity contribution in [2.75, 3.05) is 26.2 Å². The molecular formula is C18H27BrN4O3. The topological polar surface area (TPSA) is 89.2 Å². The van der Waals surface area contributed by atoms with E-state index in [4.69, 9.17) is 15.2 Å². The average Bonchev–Trinajstić information content (AvgIpc) is 2.63. The van der Waals surface area contributed by atoms with Gasteiger partial charge in [-0.15, -0.1) is 0 Å². The van der Waals surface area contributed by atoms with Gasteiger partial charge < -0.3 is 25.4 Å². The summed E-state index contributed by atoms with van der Waals surface area (Å²) in [5.74, 6) is 1.19. The summed E-state index contributed by atoms with van der Waals surface area (Å²) in [7, 11) is 0. The Balaban J connectivity index is 1.73. The Hall–Kier alpha value is -1.96. The van der Waals surface area contributed by atoms with Crippen LogP contribution in [0.15, 0.2) is 33.7 Å². The van der Waals surface area contributed by atoms with Crippen LogP contribution in [0.5, 0.6) is 5.75 Å². The van der Waals surface area contributed by atoms with Gasteiger partial charge in [0.05, 0.1) is 17.6 Å². The molecule has 8 heteroatoms. The first kappa shape index (κ1) is 20.4. The van der Waals surface area contributed by atoms with Gasteiger partial charge in [-0.1, -0.05) is 12.1 Å². The van der Waals surface area contributed by atoms with Gasteiger partial charge in [0, 0.05) is 19.1 Å². The molecule has 1 aliphatic rings. The number of hydrogen-bond acceptors (Lipinski definition) is 4. The maximum atomic E-state index is 11.7. The summed E-state index contributed by atoms with van der Waals surface area (Å²) in [6.45, 7) is 5.94. The minimum Gasteiger partial charge on any atom is -0.488 e. The summed E-state index contributed by atoms with van der Waals surface area (Å²) < 4.78 is 11.8. The van der Waals surface area contributed by atoms with E-state index in [-0.39, 0.29) is 18.2 Å². The first-order valence-electron chi connectivity index (χ1n) is 8.89. The number of halogens is 1. The van der Waals surface area contributed by atoms with Crippen LogP contribution in [0.3, 0.4) is 0 Å². The number of nitrogens with one attached hydrogen (secondary N) is 1. The zero-order valence-electron chi connectivity index (χ0n) is 15.3. The highest BCUT2D eigenvalue weighted by Crippen LogP contribution is 2.24. The van der Waals surface area contributed by atoms with Gasteiger partial charge in [-0.2, -0.15) is 0 Å². The number of carbonyl (C=O) groups excluding carboxylic acids is 1. The molecule has 1 saturated heterocycles. The number of para-hydroxylation sites is 1. The number of benzene rings is 1. The SMILES string of the molecule is CCOC(=O)N1CCC(NC(N)=NCC(C)Oc2ccccc2Br)CC1. The van der Waals surface area contributed by atoms with E-state index in [0.717, 1.165) is 23.1 Å². The Kier molecular flexibility index (Phi) is 8.03. The lowest BCUT2D eigenvalue weighted by molar-refractivity contribution is 0.0963. The van der Waals surface area contributed by atoms with E-state index in [1.165, 1.54) is 0 Å². The highest BCUT2D eigenvalue weighted by molar-refractivity contribution is 9.10. The number of piperidine rings is 1. The standard InChI is InChI=1S/C18H27BrN4O3/c1-3-25-18(24)23-10-8-14(9-11-23)22-17(20)21-12-13(2)26-16-7-5-4-6-15(16)19/h4-7,13-14H,3,8-12H2,1-2H3,(H3,20,21,22). The maximum Gasteiger partial charge on any atom is 0.409 e. The molecular weight excluding hydrogens is 400 g/mol. The number of carbonyl (C=O) groups is 1. The fraction of sp³-hybridized carbons (Fsp3) is 0.556. The van der Waals surface area contributed by atoms with Crippen LogP contribution in [0, 0.1) is 0 Å². The summed E-state index contributed by atoms with van der Waals surface area (Å²) in [5.41, 5.74) is 5.99. The number of amides is 1. The van der Waals surface area contributed by atoms with Crippen molar-refractivity contribution in [2.24, 2.45) is 10.7 Å². The van der Waals surface area contributed by atoms with Crippen molar-refractivity contribution < 1.29 is 14.3 Å². The maximum absolute atomic E-state index is 11.7. The van der Waals surface area contributed by atoms with E-state index >= 15 is 0 Å². The van der Waals surface area contributed by atoms with Gasteiger partial charge in [0.1, 0.15) is 11.9 Å². The number of rotatable bonds is 6. The second-order valence-corrected chi connectivity index (χ2v) is 7.04. The van der Waals surface area contributed by atoms with E-state index in [1.807, 2.05) is 38.1 Å². The fourth-order valence-electron chi connectivity index (χ4n) is 2.70. The molecule has 7 nitrogen and oxygen atoms in total. The molecule has 1 heterocycles. The number of hydrogen-bond donors (Lipinski definition) is 2. The van der Waals surface area contributed by atoms with Crippen LogP contribution in [0.2, 0.25) is 0 Å². The molecule has 1 atom stereocenters. The normalized spacial score (nSPS) is 16.9. The van der Waals surface area contributed by atoms with Crippen LogP contribution in [-0.2, 0) is 4.74 Å². The van der Waals surface area contributed by atoms with Gasteiger partial charge in [-0.05, 0) is 54.8 Å². The lowest BCUT2D eigenvalue weighted by atomic mass is 10.1. The zero-order chi connectivity index (χ0) is 18.9. The number of likely N-dealkylation sites (tertiary alicyclic amines) is 1. The highest BCUT2D eigenvalue weighted by Gasteiger charge is 2.23. The third kappa shape index (κ3) is 6.40. The van der Waals surface area contributed by atoms with Crippen molar-refractivity contribution in [1.29, 1.82) is 0 Å². The van der Waals surface area contributed by atoms with Gasteiger partial charge in [0.25, 0.3) is 0 Å². The monoisotopic (exact) mass is 426 g/mol. The molecule has 0 spiro atoms. The Morgan fingerprint density at radius 1 is 1.42 bits per heavy atom. The molecule has 0 saturated carbocycles. The minimum atomic E-state index is -0.245. The van der Waals surface area contributed by atoms with Crippen molar-refractivity contribution in [1.82, 2.24) is 10.2 Å². The molecule has 1 amide bonds.